The summed E-state index contributed by atoms with van der Waals surface area (Å²) in [7, 11) is 1.86. The van der Waals surface area contributed by atoms with Crippen LogP contribution in [0.25, 0.3) is 0 Å². The normalized spacial score (nSPS) is 23.0. The van der Waals surface area contributed by atoms with Gasteiger partial charge < -0.3 is 14.8 Å². The summed E-state index contributed by atoms with van der Waals surface area (Å²) in [5, 5.41) is 3.16. The number of aryl methyl sites for hydroxylation is 1. The Hall–Kier alpha value is -2.60. The smallest absolute Gasteiger partial charge is 0.255 e. The molecule has 2 bridgehead atoms. The Morgan fingerprint density at radius 1 is 1.10 bits per heavy atom. The van der Waals surface area contributed by atoms with Crippen LogP contribution in [0.4, 0.5) is 5.69 Å². The van der Waals surface area contributed by atoms with Crippen LogP contribution in [0.15, 0.2) is 35.1 Å². The Kier molecular flexibility index (Phi) is 5.34. The Labute approximate surface area is 183 Å². The van der Waals surface area contributed by atoms with Crippen LogP contribution < -0.4 is 10.9 Å². The third kappa shape index (κ3) is 3.78. The minimum atomic E-state index is 0.0872. The summed E-state index contributed by atoms with van der Waals surface area (Å²) in [5.41, 5.74) is 4.88. The Balaban J connectivity index is 1.39. The molecule has 0 unspecified atom stereocenters. The lowest BCUT2D eigenvalue weighted by Gasteiger charge is -2.43. The molecule has 2 aromatic rings. The molecule has 6 heteroatoms. The number of carbonyl (C=O) groups is 1. The molecule has 164 valence electrons. The molecule has 6 nitrogen and oxygen atoms in total. The zero-order valence-corrected chi connectivity index (χ0v) is 18.6. The SMILES string of the molecule is CNc1ccc(C)cc1C(=O)N1C[C@@H]2C[C@H](C1)c1ccc(CN3CCCC3)c(=O)n1C2. The second kappa shape index (κ2) is 8.15. The van der Waals surface area contributed by atoms with Gasteiger partial charge in [-0.15, -0.1) is 0 Å². The number of carbonyl (C=O) groups excluding carboxylic acids is 1. The van der Waals surface area contributed by atoms with E-state index in [0.717, 1.165) is 60.7 Å². The quantitative estimate of drug-likeness (QED) is 0.826. The Morgan fingerprint density at radius 3 is 2.68 bits per heavy atom. The van der Waals surface area contributed by atoms with E-state index in [1.54, 1.807) is 0 Å². The minimum absolute atomic E-state index is 0.0872. The highest BCUT2D eigenvalue weighted by atomic mass is 16.2. The molecule has 5 rings (SSSR count). The van der Waals surface area contributed by atoms with Crippen LogP contribution in [-0.2, 0) is 13.1 Å². The van der Waals surface area contributed by atoms with Gasteiger partial charge in [0.05, 0.1) is 5.56 Å². The van der Waals surface area contributed by atoms with Crippen LogP contribution in [0, 0.1) is 12.8 Å². The maximum absolute atomic E-state index is 13.4. The van der Waals surface area contributed by atoms with E-state index >= 15 is 0 Å². The summed E-state index contributed by atoms with van der Waals surface area (Å²) in [6.07, 6.45) is 3.52. The number of hydrogen-bond acceptors (Lipinski definition) is 4. The van der Waals surface area contributed by atoms with Gasteiger partial charge in [0.1, 0.15) is 0 Å². The van der Waals surface area contributed by atoms with Crippen LogP contribution in [-0.4, -0.2) is 53.5 Å². The minimum Gasteiger partial charge on any atom is -0.387 e. The Morgan fingerprint density at radius 2 is 1.90 bits per heavy atom. The van der Waals surface area contributed by atoms with E-state index < -0.39 is 0 Å². The first-order valence-electron chi connectivity index (χ1n) is 11.6. The monoisotopic (exact) mass is 420 g/mol. The fourth-order valence-corrected chi connectivity index (χ4v) is 5.68. The van der Waals surface area contributed by atoms with E-state index in [-0.39, 0.29) is 17.4 Å². The van der Waals surface area contributed by atoms with Gasteiger partial charge in [-0.1, -0.05) is 17.7 Å². The van der Waals surface area contributed by atoms with Gasteiger partial charge >= 0.3 is 0 Å². The topological polar surface area (TPSA) is 57.6 Å². The number of nitrogens with zero attached hydrogens (tertiary/aromatic N) is 3. The van der Waals surface area contributed by atoms with Crippen molar-refractivity contribution in [1.29, 1.82) is 0 Å². The van der Waals surface area contributed by atoms with Gasteiger partial charge in [-0.2, -0.15) is 0 Å². The van der Waals surface area contributed by atoms with Crippen molar-refractivity contribution in [1.82, 2.24) is 14.4 Å². The van der Waals surface area contributed by atoms with Crippen molar-refractivity contribution in [2.75, 3.05) is 38.5 Å². The first kappa shape index (κ1) is 20.3. The predicted octanol–water partition coefficient (Wildman–Crippen LogP) is 3.05. The van der Waals surface area contributed by atoms with Crippen molar-refractivity contribution in [2.45, 2.75) is 45.2 Å². The van der Waals surface area contributed by atoms with Gasteiger partial charge in [0.2, 0.25) is 0 Å². The van der Waals surface area contributed by atoms with E-state index in [1.807, 2.05) is 47.7 Å². The molecule has 0 saturated carbocycles. The molecule has 1 aromatic carbocycles. The summed E-state index contributed by atoms with van der Waals surface area (Å²) in [5.74, 6) is 0.648. The van der Waals surface area contributed by atoms with Crippen LogP contribution in [0.3, 0.4) is 0 Å². The summed E-state index contributed by atoms with van der Waals surface area (Å²) < 4.78 is 2.01. The highest BCUT2D eigenvalue weighted by molar-refractivity contribution is 6.00. The highest BCUT2D eigenvalue weighted by Crippen LogP contribution is 2.36. The first-order chi connectivity index (χ1) is 15.0. The summed E-state index contributed by atoms with van der Waals surface area (Å²) in [6, 6.07) is 10.2. The fraction of sp³-hybridized carbons (Fsp3) is 0.520. The molecule has 0 radical (unpaired) electrons. The molecule has 3 aliphatic rings. The lowest BCUT2D eigenvalue weighted by molar-refractivity contribution is 0.0595. The molecular weight excluding hydrogens is 388 g/mol. The lowest BCUT2D eigenvalue weighted by atomic mass is 9.82. The van der Waals surface area contributed by atoms with Gasteiger partial charge in [0.15, 0.2) is 0 Å². The van der Waals surface area contributed by atoms with Gasteiger partial charge in [-0.3, -0.25) is 14.5 Å². The summed E-state index contributed by atoms with van der Waals surface area (Å²) >= 11 is 0. The maximum atomic E-state index is 13.4. The van der Waals surface area contributed by atoms with E-state index in [2.05, 4.69) is 16.3 Å². The molecule has 1 amide bonds. The second-order valence-electron chi connectivity index (χ2n) is 9.49. The molecule has 3 aliphatic heterocycles. The first-order valence-corrected chi connectivity index (χ1v) is 11.6. The number of benzene rings is 1. The number of fused-ring (bicyclic) bond motifs is 4. The fourth-order valence-electron chi connectivity index (χ4n) is 5.68. The highest BCUT2D eigenvalue weighted by Gasteiger charge is 2.37. The average molecular weight is 421 g/mol. The van der Waals surface area contributed by atoms with Gasteiger partial charge in [-0.25, -0.2) is 0 Å². The molecule has 1 aromatic heterocycles. The van der Waals surface area contributed by atoms with Crippen molar-refractivity contribution in [3.8, 4) is 0 Å². The van der Waals surface area contributed by atoms with Crippen LogP contribution in [0.1, 0.15) is 52.4 Å². The van der Waals surface area contributed by atoms with Crippen molar-refractivity contribution in [3.63, 3.8) is 0 Å². The molecule has 1 N–H and O–H groups in total. The second-order valence-corrected chi connectivity index (χ2v) is 9.49. The van der Waals surface area contributed by atoms with Crippen molar-refractivity contribution < 1.29 is 4.79 Å². The molecule has 31 heavy (non-hydrogen) atoms. The lowest BCUT2D eigenvalue weighted by Crippen LogP contribution is -2.49. The molecular formula is C25H32N4O2. The third-order valence-corrected chi connectivity index (χ3v) is 7.24. The number of aromatic nitrogens is 1. The molecule has 2 fully saturated rings. The van der Waals surface area contributed by atoms with Crippen molar-refractivity contribution >= 4 is 11.6 Å². The largest absolute Gasteiger partial charge is 0.387 e. The summed E-state index contributed by atoms with van der Waals surface area (Å²) in [4.78, 5) is 31.0. The number of hydrogen-bond donors (Lipinski definition) is 1. The van der Waals surface area contributed by atoms with E-state index in [0.29, 0.717) is 19.0 Å². The number of nitrogens with one attached hydrogen (secondary N) is 1. The van der Waals surface area contributed by atoms with Crippen LogP contribution >= 0.6 is 0 Å². The Bertz CT molecular complexity index is 1050. The number of likely N-dealkylation sites (tertiary alicyclic amines) is 2. The number of pyridine rings is 1. The maximum Gasteiger partial charge on any atom is 0.255 e. The number of anilines is 1. The van der Waals surface area contributed by atoms with E-state index in [1.165, 1.54) is 12.8 Å². The van der Waals surface area contributed by atoms with Gasteiger partial charge in [0, 0.05) is 56.1 Å². The van der Waals surface area contributed by atoms with E-state index in [9.17, 15) is 9.59 Å². The zero-order chi connectivity index (χ0) is 21.5. The van der Waals surface area contributed by atoms with Crippen LogP contribution in [0.5, 0.6) is 0 Å². The van der Waals surface area contributed by atoms with Crippen LogP contribution in [0.2, 0.25) is 0 Å². The van der Waals surface area contributed by atoms with Gasteiger partial charge in [0.25, 0.3) is 11.5 Å². The predicted molar refractivity (Wildman–Crippen MR) is 123 cm³/mol. The average Bonchev–Trinajstić information content (AvgIpc) is 3.28. The number of rotatable bonds is 4. The number of amides is 1. The third-order valence-electron chi connectivity index (χ3n) is 7.24. The van der Waals surface area contributed by atoms with E-state index in [4.69, 9.17) is 0 Å². The van der Waals surface area contributed by atoms with Gasteiger partial charge in [-0.05, 0) is 63.4 Å². The van der Waals surface area contributed by atoms with Crippen molar-refractivity contribution in [2.24, 2.45) is 5.92 Å². The summed E-state index contributed by atoms with van der Waals surface area (Å²) in [6.45, 7) is 7.08. The number of piperidine rings is 1. The molecule has 2 saturated heterocycles. The zero-order valence-electron chi connectivity index (χ0n) is 18.6. The molecule has 0 spiro atoms. The standard InChI is InChI=1S/C25H32N4O2/c1-17-5-7-22(26-2)21(11-17)25(31)28-13-18-12-20(16-28)23-8-6-19(24(30)29(23)14-18)15-27-9-3-4-10-27/h5-8,11,18,20,26H,3-4,9-10,12-16H2,1-2H3/t18-,20+/m0/s1. The molecule has 2 atom stereocenters. The molecule has 4 heterocycles. The molecule has 0 aliphatic carbocycles. The van der Waals surface area contributed by atoms with Crippen molar-refractivity contribution in [3.05, 3.63) is 63.1 Å².